The Balaban J connectivity index is 2.09. The highest BCUT2D eigenvalue weighted by Crippen LogP contribution is 2.18. The first-order valence-corrected chi connectivity index (χ1v) is 9.36. The van der Waals surface area contributed by atoms with Gasteiger partial charge in [0, 0.05) is 25.2 Å². The van der Waals surface area contributed by atoms with Gasteiger partial charge in [0.25, 0.3) is 5.91 Å². The van der Waals surface area contributed by atoms with E-state index in [1.807, 2.05) is 0 Å². The van der Waals surface area contributed by atoms with E-state index in [-0.39, 0.29) is 42.5 Å². The molecule has 1 saturated heterocycles. The quantitative estimate of drug-likeness (QED) is 0.615. The van der Waals surface area contributed by atoms with Crippen LogP contribution >= 0.6 is 0 Å². The predicted octanol–water partition coefficient (Wildman–Crippen LogP) is -0.352. The Hall–Kier alpha value is -2.46. The van der Waals surface area contributed by atoms with Gasteiger partial charge in [-0.25, -0.2) is 8.42 Å². The molecule has 1 aromatic rings. The summed E-state index contributed by atoms with van der Waals surface area (Å²) in [6.45, 7) is 3.09. The van der Waals surface area contributed by atoms with Crippen LogP contribution in [-0.2, 0) is 19.6 Å². The Morgan fingerprint density at radius 2 is 1.88 bits per heavy atom. The van der Waals surface area contributed by atoms with Crippen molar-refractivity contribution < 1.29 is 27.9 Å². The Labute approximate surface area is 151 Å². The molecule has 1 aliphatic rings. The van der Waals surface area contributed by atoms with Crippen LogP contribution in [0.2, 0.25) is 0 Å². The molecule has 0 aliphatic carbocycles. The molecule has 3 N–H and O–H groups in total. The summed E-state index contributed by atoms with van der Waals surface area (Å²) in [6, 6.07) is 5.28. The van der Waals surface area contributed by atoms with Crippen molar-refractivity contribution in [3.63, 3.8) is 0 Å². The molecule has 0 radical (unpaired) electrons. The molecule has 9 nitrogen and oxygen atoms in total. The second-order valence-electron chi connectivity index (χ2n) is 6.58. The summed E-state index contributed by atoms with van der Waals surface area (Å²) in [5.41, 5.74) is -0.908. The average Bonchev–Trinajstić information content (AvgIpc) is 2.59. The molecule has 1 aromatic carbocycles. The van der Waals surface area contributed by atoms with Crippen molar-refractivity contribution in [1.29, 1.82) is 0 Å². The highest BCUT2D eigenvalue weighted by molar-refractivity contribution is 7.89. The van der Waals surface area contributed by atoms with Gasteiger partial charge in [-0.2, -0.15) is 4.31 Å². The average molecular weight is 383 g/mol. The molecule has 142 valence electrons. The van der Waals surface area contributed by atoms with Crippen molar-refractivity contribution in [2.24, 2.45) is 5.41 Å². The second-order valence-corrected chi connectivity index (χ2v) is 8.52. The van der Waals surface area contributed by atoms with Gasteiger partial charge in [-0.05, 0) is 38.1 Å². The smallest absolute Gasteiger partial charge is 0.310 e. The van der Waals surface area contributed by atoms with E-state index >= 15 is 0 Å². The molecule has 0 spiro atoms. The minimum Gasteiger partial charge on any atom is -0.481 e. The monoisotopic (exact) mass is 383 g/mol. The molecule has 0 atom stereocenters. The highest BCUT2D eigenvalue weighted by atomic mass is 32.2. The first-order valence-electron chi connectivity index (χ1n) is 7.92. The molecule has 0 unspecified atom stereocenters. The summed E-state index contributed by atoms with van der Waals surface area (Å²) in [7, 11) is -3.82. The third-order valence-corrected chi connectivity index (χ3v) is 5.89. The molecule has 2 amide bonds. The number of carboxylic acids is 1. The topological polar surface area (TPSA) is 133 Å². The van der Waals surface area contributed by atoms with Gasteiger partial charge in [0.2, 0.25) is 15.9 Å². The number of piperazine rings is 1. The Morgan fingerprint density at radius 3 is 2.42 bits per heavy atom. The number of sulfonamides is 1. The van der Waals surface area contributed by atoms with Crippen LogP contribution < -0.4 is 10.6 Å². The molecule has 0 saturated carbocycles. The summed E-state index contributed by atoms with van der Waals surface area (Å²) >= 11 is 0. The molecule has 26 heavy (non-hydrogen) atoms. The molecule has 0 bridgehead atoms. The van der Waals surface area contributed by atoms with E-state index in [0.717, 1.165) is 4.31 Å². The predicted molar refractivity (Wildman–Crippen MR) is 92.0 cm³/mol. The van der Waals surface area contributed by atoms with Crippen molar-refractivity contribution in [3.8, 4) is 0 Å². The van der Waals surface area contributed by atoms with E-state index < -0.39 is 27.3 Å². The number of carbonyl (C=O) groups excluding carboxylic acids is 2. The van der Waals surface area contributed by atoms with Crippen molar-refractivity contribution >= 4 is 27.8 Å². The van der Waals surface area contributed by atoms with Gasteiger partial charge in [-0.3, -0.25) is 14.4 Å². The number of hydrogen-bond acceptors (Lipinski definition) is 5. The number of hydrogen-bond donors (Lipinski definition) is 3. The molecule has 1 aliphatic heterocycles. The highest BCUT2D eigenvalue weighted by Gasteiger charge is 2.30. The lowest BCUT2D eigenvalue weighted by Gasteiger charge is -2.25. The van der Waals surface area contributed by atoms with Crippen molar-refractivity contribution in [3.05, 3.63) is 29.8 Å². The van der Waals surface area contributed by atoms with Crippen molar-refractivity contribution in [1.82, 2.24) is 14.9 Å². The normalized spacial score (nSPS) is 16.0. The molecule has 0 aromatic heterocycles. The van der Waals surface area contributed by atoms with Gasteiger partial charge in [0.15, 0.2) is 0 Å². The fourth-order valence-electron chi connectivity index (χ4n) is 2.23. The van der Waals surface area contributed by atoms with Gasteiger partial charge in [-0.1, -0.05) is 0 Å². The molecule has 10 heteroatoms. The van der Waals surface area contributed by atoms with Crippen LogP contribution in [-0.4, -0.2) is 61.8 Å². The van der Waals surface area contributed by atoms with Crippen LogP contribution in [0.5, 0.6) is 0 Å². The molecular formula is C16H21N3O6S. The van der Waals surface area contributed by atoms with Crippen molar-refractivity contribution in [2.75, 3.05) is 26.2 Å². The number of nitrogens with one attached hydrogen (secondary N) is 2. The molecule has 2 rings (SSSR count). The van der Waals surface area contributed by atoms with E-state index in [1.54, 1.807) is 0 Å². The summed E-state index contributed by atoms with van der Waals surface area (Å²) in [4.78, 5) is 34.5. The number of benzene rings is 1. The number of carbonyl (C=O) groups is 3. The number of rotatable bonds is 6. The molecule has 1 heterocycles. The van der Waals surface area contributed by atoms with E-state index in [1.165, 1.54) is 38.1 Å². The second kappa shape index (κ2) is 7.42. The maximum absolute atomic E-state index is 12.5. The van der Waals surface area contributed by atoms with E-state index in [0.29, 0.717) is 0 Å². The largest absolute Gasteiger partial charge is 0.481 e. The van der Waals surface area contributed by atoms with Crippen LogP contribution in [0.1, 0.15) is 24.2 Å². The van der Waals surface area contributed by atoms with Crippen LogP contribution in [0.3, 0.4) is 0 Å². The van der Waals surface area contributed by atoms with Crippen LogP contribution in [0.25, 0.3) is 0 Å². The van der Waals surface area contributed by atoms with Crippen LogP contribution in [0.4, 0.5) is 0 Å². The van der Waals surface area contributed by atoms with E-state index in [2.05, 4.69) is 10.6 Å². The summed E-state index contributed by atoms with van der Waals surface area (Å²) in [5.74, 6) is -1.90. The minimum absolute atomic E-state index is 0.0189. The fraction of sp³-hybridized carbons (Fsp3) is 0.438. The summed E-state index contributed by atoms with van der Waals surface area (Å²) in [5, 5.41) is 14.1. The zero-order valence-electron chi connectivity index (χ0n) is 14.5. The zero-order chi connectivity index (χ0) is 19.5. The van der Waals surface area contributed by atoms with Gasteiger partial charge in [0.05, 0.1) is 16.9 Å². The maximum atomic E-state index is 12.5. The lowest BCUT2D eigenvalue weighted by Crippen LogP contribution is -2.49. The number of amides is 2. The number of nitrogens with zero attached hydrogens (tertiary/aromatic N) is 1. The summed E-state index contributed by atoms with van der Waals surface area (Å²) in [6.07, 6.45) is 0. The van der Waals surface area contributed by atoms with Gasteiger partial charge < -0.3 is 15.7 Å². The fourth-order valence-corrected chi connectivity index (χ4v) is 3.62. The lowest BCUT2D eigenvalue weighted by atomic mass is 9.94. The maximum Gasteiger partial charge on any atom is 0.310 e. The van der Waals surface area contributed by atoms with Crippen LogP contribution in [0.15, 0.2) is 29.2 Å². The van der Waals surface area contributed by atoms with Crippen LogP contribution in [0, 0.1) is 5.41 Å². The lowest BCUT2D eigenvalue weighted by molar-refractivity contribution is -0.146. The minimum atomic E-state index is -3.82. The third-order valence-electron chi connectivity index (χ3n) is 4.03. The first kappa shape index (κ1) is 19.9. The molecular weight excluding hydrogens is 362 g/mol. The van der Waals surface area contributed by atoms with Gasteiger partial charge in [-0.15, -0.1) is 0 Å². The van der Waals surface area contributed by atoms with Crippen molar-refractivity contribution in [2.45, 2.75) is 18.7 Å². The Kier molecular flexibility index (Phi) is 5.67. The Bertz CT molecular complexity index is 817. The number of aliphatic carboxylic acids is 1. The summed E-state index contributed by atoms with van der Waals surface area (Å²) < 4.78 is 26.1. The SMILES string of the molecule is CC(C)(CNC(=O)c1ccc(S(=O)(=O)N2CCNC(=O)C2)cc1)C(=O)O. The standard InChI is InChI=1S/C16H21N3O6S/c1-16(2,15(22)23)10-18-14(21)11-3-5-12(6-4-11)26(24,25)19-8-7-17-13(20)9-19/h3-6H,7-10H2,1-2H3,(H,17,20)(H,18,21)(H,22,23). The number of carboxylic acid groups (broad SMARTS) is 1. The van der Waals surface area contributed by atoms with E-state index in [9.17, 15) is 22.8 Å². The zero-order valence-corrected chi connectivity index (χ0v) is 15.3. The first-order chi connectivity index (χ1) is 12.0. The van der Waals surface area contributed by atoms with Gasteiger partial charge >= 0.3 is 5.97 Å². The molecule has 1 fully saturated rings. The Morgan fingerprint density at radius 1 is 1.27 bits per heavy atom. The van der Waals surface area contributed by atoms with Gasteiger partial charge in [0.1, 0.15) is 0 Å². The van der Waals surface area contributed by atoms with E-state index in [4.69, 9.17) is 5.11 Å². The third kappa shape index (κ3) is 4.38.